The molecule has 2 aliphatic heterocycles. The molecule has 2 aliphatic rings. The van der Waals surface area contributed by atoms with E-state index in [-0.39, 0.29) is 17.2 Å². The number of carbonyl (C=O) groups is 2. The van der Waals surface area contributed by atoms with Gasteiger partial charge in [-0.1, -0.05) is 6.07 Å². The van der Waals surface area contributed by atoms with Crippen molar-refractivity contribution in [3.05, 3.63) is 60.2 Å². The molecule has 4 rings (SSSR count). The molecule has 2 fully saturated rings. The minimum Gasteiger partial charge on any atom is -0.391 e. The Balaban J connectivity index is 1.34. The summed E-state index contributed by atoms with van der Waals surface area (Å²) in [6, 6.07) is 9.25. The molecular formula is C23H28N4O3. The Bertz CT molecular complexity index is 867. The first-order valence-corrected chi connectivity index (χ1v) is 10.6. The van der Waals surface area contributed by atoms with Gasteiger partial charge in [-0.05, 0) is 55.4 Å². The highest BCUT2D eigenvalue weighted by Gasteiger charge is 2.43. The van der Waals surface area contributed by atoms with Gasteiger partial charge in [-0.2, -0.15) is 0 Å². The number of β-amino-alcohol motifs (C(OH)–C–C–N with tert-alkyl or cyclic N) is 1. The molecule has 1 spiro atoms. The van der Waals surface area contributed by atoms with Gasteiger partial charge in [0.1, 0.15) is 0 Å². The number of likely N-dealkylation sites (tertiary alicyclic amines) is 2. The Morgan fingerprint density at radius 1 is 1.10 bits per heavy atom. The lowest BCUT2D eigenvalue weighted by atomic mass is 9.71. The summed E-state index contributed by atoms with van der Waals surface area (Å²) in [7, 11) is 0. The largest absolute Gasteiger partial charge is 0.391 e. The smallest absolute Gasteiger partial charge is 0.255 e. The molecule has 0 saturated carbocycles. The van der Waals surface area contributed by atoms with E-state index in [4.69, 9.17) is 0 Å². The van der Waals surface area contributed by atoms with E-state index in [9.17, 15) is 14.7 Å². The molecule has 2 amide bonds. The SMILES string of the molecule is O=C(CCc1ccccn1)N1CCC2(CC1)CC(O)CN(C(=O)c1cccnc1)C2. The van der Waals surface area contributed by atoms with E-state index in [0.29, 0.717) is 51.0 Å². The normalized spacial score (nSPS) is 20.9. The topological polar surface area (TPSA) is 86.6 Å². The fourth-order valence-electron chi connectivity index (χ4n) is 4.71. The zero-order valence-electron chi connectivity index (χ0n) is 17.1. The molecule has 2 aromatic heterocycles. The first kappa shape index (κ1) is 20.5. The fraction of sp³-hybridized carbons (Fsp3) is 0.478. The van der Waals surface area contributed by atoms with E-state index in [1.165, 1.54) is 0 Å². The molecule has 0 aromatic carbocycles. The molecule has 30 heavy (non-hydrogen) atoms. The molecule has 2 aromatic rings. The third-order valence-corrected chi connectivity index (χ3v) is 6.32. The fourth-order valence-corrected chi connectivity index (χ4v) is 4.71. The van der Waals surface area contributed by atoms with Gasteiger partial charge in [0.25, 0.3) is 5.91 Å². The van der Waals surface area contributed by atoms with Gasteiger partial charge in [-0.15, -0.1) is 0 Å². The molecule has 1 atom stereocenters. The van der Waals surface area contributed by atoms with Crippen molar-refractivity contribution in [2.24, 2.45) is 5.41 Å². The van der Waals surface area contributed by atoms with Crippen LogP contribution in [0.25, 0.3) is 0 Å². The molecule has 4 heterocycles. The van der Waals surface area contributed by atoms with Gasteiger partial charge in [0, 0.05) is 56.9 Å². The van der Waals surface area contributed by atoms with Crippen molar-refractivity contribution in [2.75, 3.05) is 26.2 Å². The van der Waals surface area contributed by atoms with Crippen LogP contribution in [0.1, 0.15) is 41.7 Å². The zero-order valence-corrected chi connectivity index (χ0v) is 17.1. The number of aryl methyl sites for hydroxylation is 1. The molecule has 0 bridgehead atoms. The summed E-state index contributed by atoms with van der Waals surface area (Å²) in [5.74, 6) is 0.0604. The van der Waals surface area contributed by atoms with Crippen LogP contribution >= 0.6 is 0 Å². The van der Waals surface area contributed by atoms with Crippen LogP contribution < -0.4 is 0 Å². The van der Waals surface area contributed by atoms with Crippen LogP contribution in [-0.2, 0) is 11.2 Å². The van der Waals surface area contributed by atoms with Gasteiger partial charge in [0.05, 0.1) is 11.7 Å². The molecule has 7 heteroatoms. The summed E-state index contributed by atoms with van der Waals surface area (Å²) in [6.07, 6.45) is 7.81. The van der Waals surface area contributed by atoms with E-state index >= 15 is 0 Å². The van der Waals surface area contributed by atoms with Gasteiger partial charge in [-0.25, -0.2) is 0 Å². The average Bonchev–Trinajstić information content (AvgIpc) is 2.78. The highest BCUT2D eigenvalue weighted by atomic mass is 16.3. The minimum atomic E-state index is -0.536. The van der Waals surface area contributed by atoms with E-state index in [1.54, 1.807) is 35.6 Å². The van der Waals surface area contributed by atoms with Crippen LogP contribution in [0.3, 0.4) is 0 Å². The molecule has 7 nitrogen and oxygen atoms in total. The monoisotopic (exact) mass is 408 g/mol. The summed E-state index contributed by atoms with van der Waals surface area (Å²) in [5, 5.41) is 10.5. The van der Waals surface area contributed by atoms with Crippen LogP contribution in [0.5, 0.6) is 0 Å². The second-order valence-electron chi connectivity index (χ2n) is 8.49. The van der Waals surface area contributed by atoms with Crippen molar-refractivity contribution >= 4 is 11.8 Å². The number of nitrogens with zero attached hydrogens (tertiary/aromatic N) is 4. The van der Waals surface area contributed by atoms with Gasteiger partial charge >= 0.3 is 0 Å². The summed E-state index contributed by atoms with van der Waals surface area (Å²) in [4.78, 5) is 37.5. The third-order valence-electron chi connectivity index (χ3n) is 6.32. The molecular weight excluding hydrogens is 380 g/mol. The van der Waals surface area contributed by atoms with Crippen LogP contribution in [0.4, 0.5) is 0 Å². The van der Waals surface area contributed by atoms with Crippen molar-refractivity contribution in [1.29, 1.82) is 0 Å². The molecule has 0 aliphatic carbocycles. The third kappa shape index (κ3) is 4.67. The number of aliphatic hydroxyl groups is 1. The van der Waals surface area contributed by atoms with Gasteiger partial charge in [0.2, 0.25) is 5.91 Å². The van der Waals surface area contributed by atoms with Crippen LogP contribution in [-0.4, -0.2) is 69.0 Å². The maximum absolute atomic E-state index is 12.9. The van der Waals surface area contributed by atoms with E-state index in [1.807, 2.05) is 23.1 Å². The van der Waals surface area contributed by atoms with Gasteiger partial charge in [0.15, 0.2) is 0 Å². The van der Waals surface area contributed by atoms with Crippen molar-refractivity contribution in [3.63, 3.8) is 0 Å². The van der Waals surface area contributed by atoms with Crippen molar-refractivity contribution in [3.8, 4) is 0 Å². The lowest BCUT2D eigenvalue weighted by Gasteiger charge is -2.49. The number of piperidine rings is 2. The Hall–Kier alpha value is -2.80. The highest BCUT2D eigenvalue weighted by molar-refractivity contribution is 5.94. The molecule has 1 N–H and O–H groups in total. The molecule has 0 radical (unpaired) electrons. The lowest BCUT2D eigenvalue weighted by molar-refractivity contribution is -0.134. The van der Waals surface area contributed by atoms with Gasteiger partial charge < -0.3 is 14.9 Å². The van der Waals surface area contributed by atoms with E-state index in [2.05, 4.69) is 9.97 Å². The minimum absolute atomic E-state index is 0.0879. The Morgan fingerprint density at radius 2 is 1.93 bits per heavy atom. The maximum atomic E-state index is 12.9. The predicted octanol–water partition coefficient (Wildman–Crippen LogP) is 1.93. The average molecular weight is 409 g/mol. The molecule has 158 valence electrons. The van der Waals surface area contributed by atoms with Crippen LogP contribution in [0.2, 0.25) is 0 Å². The standard InChI is InChI=1S/C23H28N4O3/c28-20-14-23(17-27(16-20)22(30)18-4-3-10-24-15-18)8-12-26(13-9-23)21(29)7-6-19-5-1-2-11-25-19/h1-5,10-11,15,20,28H,6-9,12-14,16-17H2. The highest BCUT2D eigenvalue weighted by Crippen LogP contribution is 2.40. The second kappa shape index (κ2) is 8.92. The Morgan fingerprint density at radius 3 is 2.63 bits per heavy atom. The number of hydrogen-bond donors (Lipinski definition) is 1. The summed E-state index contributed by atoms with van der Waals surface area (Å²) >= 11 is 0. The number of rotatable bonds is 4. The number of hydrogen-bond acceptors (Lipinski definition) is 5. The van der Waals surface area contributed by atoms with Crippen molar-refractivity contribution in [2.45, 2.75) is 38.2 Å². The van der Waals surface area contributed by atoms with E-state index < -0.39 is 6.10 Å². The quantitative estimate of drug-likeness (QED) is 0.835. The maximum Gasteiger partial charge on any atom is 0.255 e. The van der Waals surface area contributed by atoms with Crippen molar-refractivity contribution in [1.82, 2.24) is 19.8 Å². The van der Waals surface area contributed by atoms with Crippen LogP contribution in [0.15, 0.2) is 48.9 Å². The summed E-state index contributed by atoms with van der Waals surface area (Å²) < 4.78 is 0. The van der Waals surface area contributed by atoms with E-state index in [0.717, 1.165) is 18.5 Å². The number of pyridine rings is 2. The number of aromatic nitrogens is 2. The van der Waals surface area contributed by atoms with Gasteiger partial charge in [-0.3, -0.25) is 19.6 Å². The first-order chi connectivity index (χ1) is 14.5. The number of amides is 2. The molecule has 1 unspecified atom stereocenters. The summed E-state index contributed by atoms with van der Waals surface area (Å²) in [5.41, 5.74) is 1.34. The zero-order chi connectivity index (χ0) is 21.0. The molecule has 2 saturated heterocycles. The Labute approximate surface area is 176 Å². The summed E-state index contributed by atoms with van der Waals surface area (Å²) in [6.45, 7) is 2.31. The number of aliphatic hydroxyl groups excluding tert-OH is 1. The number of carbonyl (C=O) groups excluding carboxylic acids is 2. The van der Waals surface area contributed by atoms with Crippen molar-refractivity contribution < 1.29 is 14.7 Å². The lowest BCUT2D eigenvalue weighted by Crippen LogP contribution is -2.55. The predicted molar refractivity (Wildman–Crippen MR) is 112 cm³/mol. The Kier molecular flexibility index (Phi) is 6.08. The second-order valence-corrected chi connectivity index (χ2v) is 8.49. The first-order valence-electron chi connectivity index (χ1n) is 10.6. The van der Waals surface area contributed by atoms with Crippen LogP contribution in [0, 0.1) is 5.41 Å².